The lowest BCUT2D eigenvalue weighted by molar-refractivity contribution is -0.137. The number of methoxy groups -OCH3 is 1. The highest BCUT2D eigenvalue weighted by Crippen LogP contribution is 2.29. The first-order valence-corrected chi connectivity index (χ1v) is 13.1. The number of benzene rings is 2. The Balaban J connectivity index is 1.68. The molecule has 8 heteroatoms. The highest BCUT2D eigenvalue weighted by atomic mass is 16.5. The van der Waals surface area contributed by atoms with Crippen molar-refractivity contribution in [2.45, 2.75) is 58.7 Å². The predicted molar refractivity (Wildman–Crippen MR) is 143 cm³/mol. The van der Waals surface area contributed by atoms with Gasteiger partial charge in [-0.05, 0) is 68.0 Å². The lowest BCUT2D eigenvalue weighted by Gasteiger charge is -2.23. The van der Waals surface area contributed by atoms with Crippen LogP contribution in [-0.2, 0) is 35.6 Å². The fraction of sp³-hybridized carbons (Fsp3) is 0.448. The van der Waals surface area contributed by atoms with Gasteiger partial charge in [-0.25, -0.2) is 0 Å². The largest absolute Gasteiger partial charge is 0.497 e. The third kappa shape index (κ3) is 7.04. The van der Waals surface area contributed by atoms with Crippen molar-refractivity contribution in [3.8, 4) is 11.5 Å². The number of aryl methyl sites for hydroxylation is 2. The van der Waals surface area contributed by atoms with Gasteiger partial charge in [0.2, 0.25) is 5.91 Å². The smallest absolute Gasteiger partial charge is 0.303 e. The Morgan fingerprint density at radius 1 is 1.14 bits per heavy atom. The summed E-state index contributed by atoms with van der Waals surface area (Å²) in [5.74, 6) is 0.773. The van der Waals surface area contributed by atoms with E-state index < -0.39 is 5.97 Å². The lowest BCUT2D eigenvalue weighted by Crippen LogP contribution is -2.37. The van der Waals surface area contributed by atoms with Gasteiger partial charge in [-0.3, -0.25) is 14.5 Å². The Morgan fingerprint density at radius 3 is 2.78 bits per heavy atom. The molecule has 37 heavy (non-hydrogen) atoms. The van der Waals surface area contributed by atoms with E-state index in [4.69, 9.17) is 14.6 Å². The van der Waals surface area contributed by atoms with Crippen LogP contribution in [0.15, 0.2) is 42.6 Å². The van der Waals surface area contributed by atoms with Gasteiger partial charge >= 0.3 is 5.97 Å². The third-order valence-electron chi connectivity index (χ3n) is 6.82. The maximum atomic E-state index is 12.9. The van der Waals surface area contributed by atoms with Crippen molar-refractivity contribution in [1.82, 2.24) is 14.8 Å². The number of hydrogen-bond acceptors (Lipinski definition) is 5. The van der Waals surface area contributed by atoms with Crippen LogP contribution in [0, 0.1) is 0 Å². The van der Waals surface area contributed by atoms with Crippen LogP contribution in [0.4, 0.5) is 0 Å². The monoisotopic (exact) mass is 507 g/mol. The number of carboxylic acids is 1. The molecule has 2 aromatic carbocycles. The van der Waals surface area contributed by atoms with Gasteiger partial charge in [0.15, 0.2) is 0 Å². The van der Waals surface area contributed by atoms with Crippen LogP contribution in [0.5, 0.6) is 11.5 Å². The molecule has 0 saturated heterocycles. The van der Waals surface area contributed by atoms with Gasteiger partial charge in [-0.15, -0.1) is 0 Å². The van der Waals surface area contributed by atoms with E-state index in [0.29, 0.717) is 32.7 Å². The van der Waals surface area contributed by atoms with E-state index in [9.17, 15) is 9.59 Å². The van der Waals surface area contributed by atoms with Crippen molar-refractivity contribution in [3.05, 3.63) is 59.3 Å². The van der Waals surface area contributed by atoms with E-state index in [1.807, 2.05) is 24.3 Å². The summed E-state index contributed by atoms with van der Waals surface area (Å²) in [5, 5.41) is 13.3. The number of nitrogens with zero attached hydrogens (tertiary/aromatic N) is 2. The molecule has 0 unspecified atom stereocenters. The third-order valence-corrected chi connectivity index (χ3v) is 6.82. The Labute approximate surface area is 218 Å². The lowest BCUT2D eigenvalue weighted by atomic mass is 10.0. The van der Waals surface area contributed by atoms with Crippen molar-refractivity contribution in [2.75, 3.05) is 26.8 Å². The summed E-state index contributed by atoms with van der Waals surface area (Å²) in [7, 11) is 1.67. The van der Waals surface area contributed by atoms with Gasteiger partial charge in [0.25, 0.3) is 0 Å². The number of carboxylic acid groups (broad SMARTS) is 1. The van der Waals surface area contributed by atoms with Crippen LogP contribution < -0.4 is 14.8 Å². The molecule has 4 rings (SSSR count). The van der Waals surface area contributed by atoms with Crippen LogP contribution >= 0.6 is 0 Å². The Hall–Kier alpha value is -3.52. The second kappa shape index (κ2) is 12.6. The molecule has 0 radical (unpaired) electrons. The molecule has 0 saturated carbocycles. The molecule has 0 atom stereocenters. The molecular formula is C29H37N3O5. The van der Waals surface area contributed by atoms with Crippen molar-refractivity contribution in [1.29, 1.82) is 0 Å². The summed E-state index contributed by atoms with van der Waals surface area (Å²) in [4.78, 5) is 26.2. The minimum atomic E-state index is -0.818. The van der Waals surface area contributed by atoms with Gasteiger partial charge < -0.3 is 24.5 Å². The second-order valence-corrected chi connectivity index (χ2v) is 9.56. The number of hydrogen-bond donors (Lipinski definition) is 2. The molecule has 1 aliphatic rings. The van der Waals surface area contributed by atoms with Crippen molar-refractivity contribution < 1.29 is 24.2 Å². The molecule has 2 N–H and O–H groups in total. The number of rotatable bonds is 7. The minimum absolute atomic E-state index is 0.000516. The topological polar surface area (TPSA) is 93.0 Å². The van der Waals surface area contributed by atoms with Gasteiger partial charge in [0, 0.05) is 55.3 Å². The SMILES string of the molecule is CCn1cc(CN2CC(=O)NCCCCCOc3ccc(CCC(=O)O)cc3C2)c2cc(OC)ccc21. The number of nitrogens with one attached hydrogen (secondary N) is 1. The Morgan fingerprint density at radius 2 is 2.00 bits per heavy atom. The fourth-order valence-corrected chi connectivity index (χ4v) is 4.89. The van der Waals surface area contributed by atoms with E-state index in [-0.39, 0.29) is 18.9 Å². The first-order valence-electron chi connectivity index (χ1n) is 13.1. The number of amides is 1. The first-order chi connectivity index (χ1) is 18.0. The maximum absolute atomic E-state index is 12.9. The molecule has 0 spiro atoms. The molecule has 1 aliphatic heterocycles. The number of carbonyl (C=O) groups excluding carboxylic acids is 1. The van der Waals surface area contributed by atoms with Crippen molar-refractivity contribution >= 4 is 22.8 Å². The zero-order valence-electron chi connectivity index (χ0n) is 21.8. The van der Waals surface area contributed by atoms with E-state index in [2.05, 4.69) is 40.0 Å². The molecule has 0 bridgehead atoms. The summed E-state index contributed by atoms with van der Waals surface area (Å²) in [6, 6.07) is 12.0. The molecule has 1 aromatic heterocycles. The van der Waals surface area contributed by atoms with Gasteiger partial charge in [0.1, 0.15) is 11.5 Å². The fourth-order valence-electron chi connectivity index (χ4n) is 4.89. The number of ether oxygens (including phenoxy) is 2. The van der Waals surface area contributed by atoms with E-state index >= 15 is 0 Å². The van der Waals surface area contributed by atoms with Crippen LogP contribution in [0.2, 0.25) is 0 Å². The predicted octanol–water partition coefficient (Wildman–Crippen LogP) is 4.37. The van der Waals surface area contributed by atoms with Crippen molar-refractivity contribution in [3.63, 3.8) is 0 Å². The molecule has 3 aromatic rings. The normalized spacial score (nSPS) is 15.6. The number of fused-ring (bicyclic) bond motifs is 2. The standard InChI is InChI=1S/C29H37N3O5/c1-3-32-19-23(25-16-24(36-2)9-10-26(25)32)18-31-17-22-15-21(8-12-29(34)35)7-11-27(22)37-14-6-4-5-13-30-28(33)20-31/h7,9-11,15-16,19H,3-6,8,12-14,17-18,20H2,1-2H3,(H,30,33)(H,34,35). The van der Waals surface area contributed by atoms with Gasteiger partial charge in [-0.1, -0.05) is 12.1 Å². The Kier molecular flexibility index (Phi) is 9.06. The highest BCUT2D eigenvalue weighted by Gasteiger charge is 2.19. The van der Waals surface area contributed by atoms with E-state index in [0.717, 1.165) is 64.9 Å². The Bertz CT molecular complexity index is 1240. The van der Waals surface area contributed by atoms with Crippen LogP contribution in [-0.4, -0.2) is 53.3 Å². The van der Waals surface area contributed by atoms with Crippen LogP contribution in [0.3, 0.4) is 0 Å². The summed E-state index contributed by atoms with van der Waals surface area (Å²) in [6.45, 7) is 5.56. The molecular weight excluding hydrogens is 470 g/mol. The van der Waals surface area contributed by atoms with Crippen LogP contribution in [0.1, 0.15) is 49.3 Å². The zero-order chi connectivity index (χ0) is 26.2. The molecule has 0 aliphatic carbocycles. The molecule has 0 fully saturated rings. The zero-order valence-corrected chi connectivity index (χ0v) is 21.8. The average Bonchev–Trinajstić information content (AvgIpc) is 3.24. The molecule has 1 amide bonds. The number of aromatic nitrogens is 1. The number of aliphatic carboxylic acids is 1. The molecule has 2 heterocycles. The summed E-state index contributed by atoms with van der Waals surface area (Å²) in [6.07, 6.45) is 5.49. The van der Waals surface area contributed by atoms with Gasteiger partial charge in [-0.2, -0.15) is 0 Å². The first kappa shape index (κ1) is 26.5. The van der Waals surface area contributed by atoms with Crippen molar-refractivity contribution in [2.24, 2.45) is 0 Å². The highest BCUT2D eigenvalue weighted by molar-refractivity contribution is 5.85. The summed E-state index contributed by atoms with van der Waals surface area (Å²) < 4.78 is 13.9. The summed E-state index contributed by atoms with van der Waals surface area (Å²) >= 11 is 0. The minimum Gasteiger partial charge on any atom is -0.497 e. The number of carbonyl (C=O) groups is 2. The molecule has 198 valence electrons. The van der Waals surface area contributed by atoms with E-state index in [1.54, 1.807) is 7.11 Å². The molecule has 8 nitrogen and oxygen atoms in total. The van der Waals surface area contributed by atoms with Gasteiger partial charge in [0.05, 0.1) is 20.3 Å². The maximum Gasteiger partial charge on any atom is 0.303 e. The quantitative estimate of drug-likeness (QED) is 0.493. The second-order valence-electron chi connectivity index (χ2n) is 9.56. The summed E-state index contributed by atoms with van der Waals surface area (Å²) in [5.41, 5.74) is 4.17. The van der Waals surface area contributed by atoms with Crippen LogP contribution in [0.25, 0.3) is 10.9 Å². The van der Waals surface area contributed by atoms with E-state index in [1.165, 1.54) is 0 Å². The average molecular weight is 508 g/mol.